The van der Waals surface area contributed by atoms with Crippen molar-refractivity contribution < 1.29 is 14.3 Å². The second-order valence-electron chi connectivity index (χ2n) is 3.05. The van der Waals surface area contributed by atoms with E-state index < -0.39 is 12.1 Å². The molecular weight excluding hydrogens is 222 g/mol. The molecule has 0 saturated heterocycles. The fourth-order valence-corrected chi connectivity index (χ4v) is 1.11. The summed E-state index contributed by atoms with van der Waals surface area (Å²) in [6.07, 6.45) is -1.26. The van der Waals surface area contributed by atoms with Crippen molar-refractivity contribution in [1.82, 2.24) is 0 Å². The number of nitriles is 1. The highest BCUT2D eigenvalue weighted by Gasteiger charge is 2.20. The minimum atomic E-state index is -1.26. The molecular formula is C11H13N3O3. The van der Waals surface area contributed by atoms with Crippen LogP contribution in [0.2, 0.25) is 0 Å². The van der Waals surface area contributed by atoms with Crippen molar-refractivity contribution in [2.24, 2.45) is 5.84 Å². The first-order valence-corrected chi connectivity index (χ1v) is 5.00. The Labute approximate surface area is 98.9 Å². The first-order chi connectivity index (χ1) is 8.21. The third-order valence-electron chi connectivity index (χ3n) is 1.89. The summed E-state index contributed by atoms with van der Waals surface area (Å²) in [5, 5.41) is 8.78. The van der Waals surface area contributed by atoms with Gasteiger partial charge in [-0.2, -0.15) is 5.26 Å². The summed E-state index contributed by atoms with van der Waals surface area (Å²) in [6, 6.07) is 8.24. The number of nitrogen functional groups attached to an aromatic ring is 1. The number of ether oxygens (including phenoxy) is 2. The highest BCUT2D eigenvalue weighted by atomic mass is 16.6. The van der Waals surface area contributed by atoms with E-state index in [4.69, 9.17) is 20.6 Å². The molecule has 0 saturated carbocycles. The van der Waals surface area contributed by atoms with Crippen LogP contribution >= 0.6 is 0 Å². The summed E-state index contributed by atoms with van der Waals surface area (Å²) in [4.78, 5) is 11.3. The molecule has 0 radical (unpaired) electrons. The van der Waals surface area contributed by atoms with Crippen molar-refractivity contribution in [3.8, 4) is 11.8 Å². The second-order valence-corrected chi connectivity index (χ2v) is 3.05. The van der Waals surface area contributed by atoms with Gasteiger partial charge >= 0.3 is 5.97 Å². The monoisotopic (exact) mass is 235 g/mol. The van der Waals surface area contributed by atoms with Crippen LogP contribution in [0.5, 0.6) is 5.75 Å². The number of esters is 1. The zero-order chi connectivity index (χ0) is 12.7. The van der Waals surface area contributed by atoms with Crippen molar-refractivity contribution in [2.75, 3.05) is 12.0 Å². The van der Waals surface area contributed by atoms with Crippen LogP contribution in [-0.2, 0) is 9.53 Å². The minimum absolute atomic E-state index is 0.205. The maximum absolute atomic E-state index is 11.3. The number of anilines is 1. The standard InChI is InChI=1S/C11H13N3O3/c1-2-16-11(15)10(7-12)17-9-5-3-8(14-13)4-6-9/h3-6,10,14H,2,13H2,1H3. The van der Waals surface area contributed by atoms with Gasteiger partial charge in [0.05, 0.1) is 6.61 Å². The predicted molar refractivity (Wildman–Crippen MR) is 60.9 cm³/mol. The highest BCUT2D eigenvalue weighted by Crippen LogP contribution is 2.16. The topological polar surface area (TPSA) is 97.4 Å². The number of carbonyl (C=O) groups excluding carboxylic acids is 1. The maximum Gasteiger partial charge on any atom is 0.362 e. The molecule has 17 heavy (non-hydrogen) atoms. The molecule has 1 aromatic carbocycles. The lowest BCUT2D eigenvalue weighted by molar-refractivity contribution is -0.148. The number of carbonyl (C=O) groups is 1. The molecule has 3 N–H and O–H groups in total. The van der Waals surface area contributed by atoms with Crippen molar-refractivity contribution >= 4 is 11.7 Å². The normalized spacial score (nSPS) is 11.1. The minimum Gasteiger partial charge on any atom is -0.464 e. The predicted octanol–water partition coefficient (Wildman–Crippen LogP) is 0.806. The molecule has 0 bridgehead atoms. The molecule has 1 rings (SSSR count). The molecule has 0 aliphatic rings. The molecule has 0 aliphatic heterocycles. The average molecular weight is 235 g/mol. The van der Waals surface area contributed by atoms with Crippen LogP contribution in [0.25, 0.3) is 0 Å². The number of rotatable bonds is 5. The smallest absolute Gasteiger partial charge is 0.362 e. The molecule has 1 atom stereocenters. The zero-order valence-electron chi connectivity index (χ0n) is 9.34. The molecule has 1 unspecified atom stereocenters. The van der Waals surface area contributed by atoms with Crippen LogP contribution in [0.1, 0.15) is 6.92 Å². The van der Waals surface area contributed by atoms with E-state index in [0.717, 1.165) is 0 Å². The Kier molecular flexibility index (Phi) is 4.78. The van der Waals surface area contributed by atoms with Gasteiger partial charge in [-0.15, -0.1) is 0 Å². The van der Waals surface area contributed by atoms with E-state index in [-0.39, 0.29) is 6.61 Å². The van der Waals surface area contributed by atoms with Gasteiger partial charge < -0.3 is 14.9 Å². The van der Waals surface area contributed by atoms with Crippen molar-refractivity contribution in [3.05, 3.63) is 24.3 Å². The largest absolute Gasteiger partial charge is 0.464 e. The van der Waals surface area contributed by atoms with Gasteiger partial charge in [-0.05, 0) is 31.2 Å². The van der Waals surface area contributed by atoms with Crippen LogP contribution in [-0.4, -0.2) is 18.7 Å². The third kappa shape index (κ3) is 3.66. The van der Waals surface area contributed by atoms with E-state index in [9.17, 15) is 4.79 Å². The fourth-order valence-electron chi connectivity index (χ4n) is 1.11. The summed E-state index contributed by atoms with van der Waals surface area (Å²) >= 11 is 0. The van der Waals surface area contributed by atoms with Crippen molar-refractivity contribution in [1.29, 1.82) is 5.26 Å². The lowest BCUT2D eigenvalue weighted by atomic mass is 10.3. The van der Waals surface area contributed by atoms with Gasteiger partial charge in [0.2, 0.25) is 0 Å². The number of hydrogen-bond donors (Lipinski definition) is 2. The van der Waals surface area contributed by atoms with Crippen molar-refractivity contribution in [2.45, 2.75) is 13.0 Å². The van der Waals surface area contributed by atoms with Crippen molar-refractivity contribution in [3.63, 3.8) is 0 Å². The Bertz CT molecular complexity index is 411. The number of benzene rings is 1. The summed E-state index contributed by atoms with van der Waals surface area (Å²) in [6.45, 7) is 1.87. The van der Waals surface area contributed by atoms with Gasteiger partial charge in [-0.25, -0.2) is 4.79 Å². The molecule has 1 aromatic rings. The first-order valence-electron chi connectivity index (χ1n) is 5.00. The lowest BCUT2D eigenvalue weighted by Gasteiger charge is -2.11. The number of nitrogens with two attached hydrogens (primary N) is 1. The number of nitrogens with zero attached hydrogens (tertiary/aromatic N) is 1. The van der Waals surface area contributed by atoms with Crippen LogP contribution in [0.15, 0.2) is 24.3 Å². The molecule has 0 amide bonds. The Hall–Kier alpha value is -2.26. The summed E-state index contributed by atoms with van der Waals surface area (Å²) < 4.78 is 9.87. The Morgan fingerprint density at radius 1 is 1.53 bits per heavy atom. The van der Waals surface area contributed by atoms with Crippen LogP contribution < -0.4 is 16.0 Å². The van der Waals surface area contributed by atoms with Gasteiger partial charge in [-0.3, -0.25) is 5.84 Å². The molecule has 0 heterocycles. The number of nitrogens with one attached hydrogen (secondary N) is 1. The molecule has 0 aliphatic carbocycles. The van der Waals surface area contributed by atoms with Crippen LogP contribution in [0.3, 0.4) is 0 Å². The van der Waals surface area contributed by atoms with E-state index in [0.29, 0.717) is 11.4 Å². The molecule has 0 spiro atoms. The molecule has 0 fully saturated rings. The lowest BCUT2D eigenvalue weighted by Crippen LogP contribution is -2.27. The average Bonchev–Trinajstić information content (AvgIpc) is 2.37. The Morgan fingerprint density at radius 3 is 2.65 bits per heavy atom. The van der Waals surface area contributed by atoms with Gasteiger partial charge in [0, 0.05) is 5.69 Å². The van der Waals surface area contributed by atoms with E-state index >= 15 is 0 Å². The van der Waals surface area contributed by atoms with Gasteiger partial charge in [0.15, 0.2) is 0 Å². The molecule has 90 valence electrons. The third-order valence-corrected chi connectivity index (χ3v) is 1.89. The van der Waals surface area contributed by atoms with Gasteiger partial charge in [-0.1, -0.05) is 0 Å². The van der Waals surface area contributed by atoms with Crippen LogP contribution in [0, 0.1) is 11.3 Å². The van der Waals surface area contributed by atoms with Crippen LogP contribution in [0.4, 0.5) is 5.69 Å². The summed E-state index contributed by atoms with van der Waals surface area (Å²) in [5.41, 5.74) is 3.15. The SMILES string of the molecule is CCOC(=O)C(C#N)Oc1ccc(NN)cc1. The Morgan fingerprint density at radius 2 is 2.18 bits per heavy atom. The Balaban J connectivity index is 2.67. The van der Waals surface area contributed by atoms with E-state index in [1.165, 1.54) is 0 Å². The number of hydrazine groups is 1. The first kappa shape index (κ1) is 12.8. The van der Waals surface area contributed by atoms with E-state index in [2.05, 4.69) is 5.43 Å². The summed E-state index contributed by atoms with van der Waals surface area (Å²) in [7, 11) is 0. The molecule has 0 aromatic heterocycles. The quantitative estimate of drug-likeness (QED) is 0.445. The fraction of sp³-hybridized carbons (Fsp3) is 0.273. The maximum atomic E-state index is 11.3. The highest BCUT2D eigenvalue weighted by molar-refractivity contribution is 5.78. The second kappa shape index (κ2) is 6.35. The number of hydrogen-bond acceptors (Lipinski definition) is 6. The zero-order valence-corrected chi connectivity index (χ0v) is 9.34. The van der Waals surface area contributed by atoms with E-state index in [1.54, 1.807) is 37.3 Å². The van der Waals surface area contributed by atoms with Gasteiger partial charge in [0.1, 0.15) is 11.8 Å². The van der Waals surface area contributed by atoms with E-state index in [1.807, 2.05) is 0 Å². The van der Waals surface area contributed by atoms with Gasteiger partial charge in [0.25, 0.3) is 6.10 Å². The summed E-state index contributed by atoms with van der Waals surface area (Å²) in [5.74, 6) is 4.89. The molecule has 6 heteroatoms. The molecule has 6 nitrogen and oxygen atoms in total.